The Labute approximate surface area is 202 Å². The van der Waals surface area contributed by atoms with Crippen molar-refractivity contribution in [2.45, 2.75) is 18.4 Å². The van der Waals surface area contributed by atoms with E-state index in [1.54, 1.807) is 34.8 Å². The number of anilines is 3. The van der Waals surface area contributed by atoms with E-state index >= 15 is 0 Å². The first-order valence-electron chi connectivity index (χ1n) is 10.6. The highest BCUT2D eigenvalue weighted by atomic mass is 32.2. The van der Waals surface area contributed by atoms with Gasteiger partial charge in [0.05, 0.1) is 27.9 Å². The molecule has 0 saturated heterocycles. The Morgan fingerprint density at radius 3 is 2.74 bits per heavy atom. The van der Waals surface area contributed by atoms with Crippen LogP contribution in [0.5, 0.6) is 0 Å². The summed E-state index contributed by atoms with van der Waals surface area (Å²) in [6, 6.07) is 13.1. The van der Waals surface area contributed by atoms with Gasteiger partial charge in [-0.25, -0.2) is 8.78 Å². The Hall–Kier alpha value is -3.43. The summed E-state index contributed by atoms with van der Waals surface area (Å²) in [6.45, 7) is 2.43. The summed E-state index contributed by atoms with van der Waals surface area (Å²) in [4.78, 5) is 20.6. The van der Waals surface area contributed by atoms with Crippen LogP contribution in [-0.2, 0) is 6.54 Å². The van der Waals surface area contributed by atoms with Gasteiger partial charge in [-0.15, -0.1) is 11.3 Å². The predicted octanol–water partition coefficient (Wildman–Crippen LogP) is 4.48. The Kier molecular flexibility index (Phi) is 5.97. The maximum absolute atomic E-state index is 14.2. The number of hydrogen-bond donors (Lipinski definition) is 1. The highest BCUT2D eigenvalue weighted by Crippen LogP contribution is 2.44. The molecule has 0 atom stereocenters. The molecule has 2 aromatic carbocycles. The summed E-state index contributed by atoms with van der Waals surface area (Å²) in [5, 5.41) is 3.82. The topological polar surface area (TPSA) is 50.2 Å². The predicted molar refractivity (Wildman–Crippen MR) is 135 cm³/mol. The third kappa shape index (κ3) is 4.01. The van der Waals surface area contributed by atoms with Crippen molar-refractivity contribution in [2.24, 2.45) is 0 Å². The van der Waals surface area contributed by atoms with Crippen LogP contribution in [0, 0.1) is 11.6 Å². The number of benzene rings is 2. The van der Waals surface area contributed by atoms with Gasteiger partial charge in [-0.2, -0.15) is 0 Å². The molecule has 2 aromatic heterocycles. The minimum Gasteiger partial charge on any atom is -0.351 e. The van der Waals surface area contributed by atoms with Crippen LogP contribution in [0.4, 0.5) is 25.8 Å². The summed E-state index contributed by atoms with van der Waals surface area (Å²) in [7, 11) is 1.96. The Morgan fingerprint density at radius 2 is 1.94 bits per heavy atom. The van der Waals surface area contributed by atoms with Crippen LogP contribution in [0.3, 0.4) is 0 Å². The SMILES string of the molecule is CCn1c(=O)/c(=C2\Sc3ccccc3N2C)s/c1=C\c1ccncc1Nc1cc(F)ccc1F. The first kappa shape index (κ1) is 22.4. The fraction of sp³-hybridized carbons (Fsp3) is 0.120. The average molecular weight is 495 g/mol. The van der Waals surface area contributed by atoms with Crippen LogP contribution in [0.15, 0.2) is 70.6 Å². The maximum Gasteiger partial charge on any atom is 0.271 e. The van der Waals surface area contributed by atoms with Crippen LogP contribution in [-0.4, -0.2) is 16.6 Å². The van der Waals surface area contributed by atoms with Gasteiger partial charge in [0.2, 0.25) is 0 Å². The van der Waals surface area contributed by atoms with E-state index in [4.69, 9.17) is 0 Å². The fourth-order valence-electron chi connectivity index (χ4n) is 3.78. The molecule has 0 radical (unpaired) electrons. The van der Waals surface area contributed by atoms with Gasteiger partial charge in [0.25, 0.3) is 5.56 Å². The minimum absolute atomic E-state index is 0.0136. The van der Waals surface area contributed by atoms with Crippen molar-refractivity contribution in [1.29, 1.82) is 0 Å². The number of para-hydroxylation sites is 1. The van der Waals surface area contributed by atoms with Gasteiger partial charge in [-0.05, 0) is 43.3 Å². The molecule has 34 heavy (non-hydrogen) atoms. The summed E-state index contributed by atoms with van der Waals surface area (Å²) in [6.07, 6.45) is 5.03. The number of fused-ring (bicyclic) bond motifs is 1. The summed E-state index contributed by atoms with van der Waals surface area (Å²) in [5.74, 6) is -1.12. The van der Waals surface area contributed by atoms with Crippen molar-refractivity contribution in [3.05, 3.63) is 97.7 Å². The lowest BCUT2D eigenvalue weighted by atomic mass is 10.2. The number of thioether (sulfide) groups is 1. The van der Waals surface area contributed by atoms with E-state index < -0.39 is 11.6 Å². The Morgan fingerprint density at radius 1 is 1.12 bits per heavy atom. The van der Waals surface area contributed by atoms with E-state index in [2.05, 4.69) is 10.3 Å². The molecule has 0 saturated carbocycles. The Bertz CT molecular complexity index is 1580. The van der Waals surface area contributed by atoms with E-state index in [9.17, 15) is 13.6 Å². The molecular weight excluding hydrogens is 474 g/mol. The fourth-order valence-corrected chi connectivity index (χ4v) is 6.24. The van der Waals surface area contributed by atoms with Gasteiger partial charge in [0, 0.05) is 36.3 Å². The number of rotatable bonds is 4. The third-order valence-electron chi connectivity index (χ3n) is 5.49. The van der Waals surface area contributed by atoms with Gasteiger partial charge in [-0.3, -0.25) is 14.3 Å². The molecule has 4 aromatic rings. The largest absolute Gasteiger partial charge is 0.351 e. The second-order valence-corrected chi connectivity index (χ2v) is 9.67. The van der Waals surface area contributed by atoms with Crippen LogP contribution < -0.4 is 25.0 Å². The van der Waals surface area contributed by atoms with Crippen LogP contribution >= 0.6 is 23.1 Å². The zero-order valence-corrected chi connectivity index (χ0v) is 20.0. The normalized spacial score (nSPS) is 15.1. The number of nitrogens with one attached hydrogen (secondary N) is 1. The number of aromatic nitrogens is 2. The third-order valence-corrected chi connectivity index (χ3v) is 7.98. The zero-order chi connectivity index (χ0) is 23.8. The summed E-state index contributed by atoms with van der Waals surface area (Å²) >= 11 is 3.00. The molecule has 1 aliphatic rings. The molecule has 172 valence electrons. The zero-order valence-electron chi connectivity index (χ0n) is 18.4. The molecule has 9 heteroatoms. The summed E-state index contributed by atoms with van der Waals surface area (Å²) in [5.41, 5.74) is 2.24. The van der Waals surface area contributed by atoms with Crippen molar-refractivity contribution in [3.63, 3.8) is 0 Å². The first-order valence-corrected chi connectivity index (χ1v) is 12.2. The molecule has 0 bridgehead atoms. The molecule has 0 fully saturated rings. The molecular formula is C25H20F2N4OS2. The molecule has 1 N–H and O–H groups in total. The second-order valence-electron chi connectivity index (χ2n) is 7.61. The summed E-state index contributed by atoms with van der Waals surface area (Å²) < 4.78 is 31.0. The van der Waals surface area contributed by atoms with E-state index in [-0.39, 0.29) is 11.2 Å². The standard InChI is InChI=1S/C25H20F2N4OS2/c1-3-31-22(34-23(24(31)32)25-30(2)20-6-4-5-7-21(20)33-25)12-15-10-11-28-14-19(15)29-18-13-16(26)8-9-17(18)27/h4-14,29H,3H2,1-2H3/b22-12-,25-23+. The molecule has 0 unspecified atom stereocenters. The van der Waals surface area contributed by atoms with Gasteiger partial charge in [-0.1, -0.05) is 23.9 Å². The smallest absolute Gasteiger partial charge is 0.271 e. The van der Waals surface area contributed by atoms with E-state index in [1.165, 1.54) is 11.3 Å². The number of thiazole rings is 1. The first-order chi connectivity index (χ1) is 16.5. The molecule has 0 spiro atoms. The molecule has 3 heterocycles. The number of halogens is 2. The molecule has 0 amide bonds. The van der Waals surface area contributed by atoms with Gasteiger partial charge in [0.15, 0.2) is 0 Å². The molecule has 5 nitrogen and oxygen atoms in total. The number of pyridine rings is 1. The molecule has 0 aliphatic carbocycles. The molecule has 1 aliphatic heterocycles. The minimum atomic E-state index is -0.572. The van der Waals surface area contributed by atoms with Crippen molar-refractivity contribution in [3.8, 4) is 0 Å². The maximum atomic E-state index is 14.2. The van der Waals surface area contributed by atoms with Crippen molar-refractivity contribution < 1.29 is 8.78 Å². The van der Waals surface area contributed by atoms with Crippen molar-refractivity contribution >= 4 is 51.3 Å². The lowest BCUT2D eigenvalue weighted by Gasteiger charge is -2.11. The number of nitrogens with zero attached hydrogens (tertiary/aromatic N) is 3. The quantitative estimate of drug-likeness (QED) is 0.453. The monoisotopic (exact) mass is 494 g/mol. The van der Waals surface area contributed by atoms with Gasteiger partial charge < -0.3 is 10.2 Å². The van der Waals surface area contributed by atoms with E-state index in [0.29, 0.717) is 22.3 Å². The van der Waals surface area contributed by atoms with Crippen molar-refractivity contribution in [2.75, 3.05) is 17.3 Å². The van der Waals surface area contributed by atoms with Crippen LogP contribution in [0.25, 0.3) is 11.1 Å². The van der Waals surface area contributed by atoms with Gasteiger partial charge >= 0.3 is 0 Å². The van der Waals surface area contributed by atoms with Crippen molar-refractivity contribution in [1.82, 2.24) is 9.55 Å². The number of hydrogen-bond acceptors (Lipinski definition) is 6. The second kappa shape index (κ2) is 9.08. The van der Waals surface area contributed by atoms with Gasteiger partial charge in [0.1, 0.15) is 21.2 Å². The van der Waals surface area contributed by atoms with E-state index in [1.807, 2.05) is 49.2 Å². The van der Waals surface area contributed by atoms with Crippen LogP contribution in [0.1, 0.15) is 12.5 Å². The lowest BCUT2D eigenvalue weighted by Crippen LogP contribution is -2.33. The molecule has 5 rings (SSSR count). The highest BCUT2D eigenvalue weighted by molar-refractivity contribution is 8.08. The van der Waals surface area contributed by atoms with E-state index in [0.717, 1.165) is 38.5 Å². The highest BCUT2D eigenvalue weighted by Gasteiger charge is 2.24. The Balaban J connectivity index is 1.63. The van der Waals surface area contributed by atoms with Crippen LogP contribution in [0.2, 0.25) is 0 Å². The lowest BCUT2D eigenvalue weighted by molar-refractivity contribution is 0.603. The average Bonchev–Trinajstić information content (AvgIpc) is 3.33.